The molecule has 0 saturated carbocycles. The van der Waals surface area contributed by atoms with Gasteiger partial charge in [-0.2, -0.15) is 0 Å². The van der Waals surface area contributed by atoms with Crippen molar-refractivity contribution >= 4 is 11.8 Å². The highest BCUT2D eigenvalue weighted by molar-refractivity contribution is 7.99. The third-order valence-electron chi connectivity index (χ3n) is 1.89. The molecule has 0 spiro atoms. The Bertz CT molecular complexity index is 265. The normalized spacial score (nSPS) is 10.4. The maximum atomic E-state index is 12.8. The maximum absolute atomic E-state index is 12.8. The molecule has 1 aromatic carbocycles. The molecule has 0 heterocycles. The molecule has 0 aliphatic heterocycles. The van der Waals surface area contributed by atoms with Gasteiger partial charge in [-0.15, -0.1) is 11.8 Å². The Morgan fingerprint density at radius 1 is 1.36 bits per heavy atom. The summed E-state index contributed by atoms with van der Waals surface area (Å²) in [5.41, 5.74) is 0. The largest absolute Gasteiger partial charge is 0.320 e. The fourth-order valence-electron chi connectivity index (χ4n) is 1.15. The summed E-state index contributed by atoms with van der Waals surface area (Å²) in [6, 6.07) is 6.77. The van der Waals surface area contributed by atoms with Gasteiger partial charge >= 0.3 is 0 Å². The summed E-state index contributed by atoms with van der Waals surface area (Å²) in [6.07, 6.45) is 2.35. The van der Waals surface area contributed by atoms with Gasteiger partial charge in [-0.3, -0.25) is 0 Å². The summed E-state index contributed by atoms with van der Waals surface area (Å²) >= 11 is 1.72. The zero-order chi connectivity index (χ0) is 10.2. The Kier molecular flexibility index (Phi) is 5.64. The molecule has 14 heavy (non-hydrogen) atoms. The molecule has 0 unspecified atom stereocenters. The molecule has 0 aromatic heterocycles. The molecule has 78 valence electrons. The van der Waals surface area contributed by atoms with E-state index in [0.29, 0.717) is 0 Å². The first-order valence-corrected chi connectivity index (χ1v) is 5.84. The highest BCUT2D eigenvalue weighted by Gasteiger charge is 1.95. The second-order valence-electron chi connectivity index (χ2n) is 3.12. The third kappa shape index (κ3) is 4.63. The molecular formula is C11H16FNS. The van der Waals surface area contributed by atoms with Crippen LogP contribution in [0.3, 0.4) is 0 Å². The second-order valence-corrected chi connectivity index (χ2v) is 4.28. The minimum atomic E-state index is -0.148. The number of halogens is 1. The van der Waals surface area contributed by atoms with Crippen molar-refractivity contribution in [3.05, 3.63) is 30.1 Å². The summed E-state index contributed by atoms with van der Waals surface area (Å²) < 4.78 is 12.8. The summed E-state index contributed by atoms with van der Waals surface area (Å²) in [7, 11) is 1.96. The van der Waals surface area contributed by atoms with E-state index >= 15 is 0 Å². The molecule has 0 atom stereocenters. The molecule has 3 heteroatoms. The van der Waals surface area contributed by atoms with Gasteiger partial charge in [-0.25, -0.2) is 4.39 Å². The molecule has 0 saturated heterocycles. The van der Waals surface area contributed by atoms with E-state index in [2.05, 4.69) is 5.32 Å². The predicted molar refractivity (Wildman–Crippen MR) is 60.3 cm³/mol. The van der Waals surface area contributed by atoms with E-state index in [1.54, 1.807) is 23.9 Å². The standard InChI is InChI=1S/C11H16FNS/c1-13-7-2-3-8-14-11-6-4-5-10(12)9-11/h4-6,9,13H,2-3,7-8H2,1H3. The van der Waals surface area contributed by atoms with Crippen LogP contribution >= 0.6 is 11.8 Å². The number of unbranched alkanes of at least 4 members (excludes halogenated alkanes) is 1. The van der Waals surface area contributed by atoms with Crippen LogP contribution < -0.4 is 5.32 Å². The summed E-state index contributed by atoms with van der Waals surface area (Å²) in [5.74, 6) is 0.913. The van der Waals surface area contributed by atoms with E-state index < -0.39 is 0 Å². The van der Waals surface area contributed by atoms with Gasteiger partial charge in [0.2, 0.25) is 0 Å². The van der Waals surface area contributed by atoms with Gasteiger partial charge in [0.1, 0.15) is 5.82 Å². The van der Waals surface area contributed by atoms with Crippen LogP contribution in [0, 0.1) is 5.82 Å². The number of rotatable bonds is 6. The number of hydrogen-bond donors (Lipinski definition) is 1. The van der Waals surface area contributed by atoms with Crippen molar-refractivity contribution in [1.82, 2.24) is 5.32 Å². The first-order valence-electron chi connectivity index (χ1n) is 4.86. The smallest absolute Gasteiger partial charge is 0.124 e. The van der Waals surface area contributed by atoms with E-state index in [0.717, 1.165) is 17.2 Å². The predicted octanol–water partition coefficient (Wildman–Crippen LogP) is 2.92. The van der Waals surface area contributed by atoms with Crippen molar-refractivity contribution in [2.24, 2.45) is 0 Å². The Morgan fingerprint density at radius 3 is 2.93 bits per heavy atom. The van der Waals surface area contributed by atoms with E-state index in [1.165, 1.54) is 18.9 Å². The minimum absolute atomic E-state index is 0.148. The van der Waals surface area contributed by atoms with Crippen molar-refractivity contribution in [1.29, 1.82) is 0 Å². The third-order valence-corrected chi connectivity index (χ3v) is 2.97. The zero-order valence-corrected chi connectivity index (χ0v) is 9.24. The summed E-state index contributed by atoms with van der Waals surface area (Å²) in [5, 5.41) is 3.11. The number of thioether (sulfide) groups is 1. The van der Waals surface area contributed by atoms with Gasteiger partial charge in [0.15, 0.2) is 0 Å². The van der Waals surface area contributed by atoms with Crippen LogP contribution in [-0.2, 0) is 0 Å². The SMILES string of the molecule is CNCCCCSc1cccc(F)c1. The van der Waals surface area contributed by atoms with Crippen molar-refractivity contribution in [2.45, 2.75) is 17.7 Å². The first-order chi connectivity index (χ1) is 6.83. The zero-order valence-electron chi connectivity index (χ0n) is 8.42. The Morgan fingerprint density at radius 2 is 2.21 bits per heavy atom. The van der Waals surface area contributed by atoms with Gasteiger partial charge in [0, 0.05) is 4.90 Å². The topological polar surface area (TPSA) is 12.0 Å². The Labute approximate surface area is 89.1 Å². The lowest BCUT2D eigenvalue weighted by Gasteiger charge is -2.01. The van der Waals surface area contributed by atoms with Crippen LogP contribution in [0.5, 0.6) is 0 Å². The first kappa shape index (κ1) is 11.5. The monoisotopic (exact) mass is 213 g/mol. The second kappa shape index (κ2) is 6.85. The average Bonchev–Trinajstić information content (AvgIpc) is 2.18. The van der Waals surface area contributed by atoms with E-state index in [4.69, 9.17) is 0 Å². The lowest BCUT2D eigenvalue weighted by atomic mass is 10.3. The van der Waals surface area contributed by atoms with Crippen molar-refractivity contribution in [2.75, 3.05) is 19.3 Å². The average molecular weight is 213 g/mol. The van der Waals surface area contributed by atoms with Crippen LogP contribution in [-0.4, -0.2) is 19.3 Å². The van der Waals surface area contributed by atoms with Crippen LogP contribution in [0.4, 0.5) is 4.39 Å². The van der Waals surface area contributed by atoms with E-state index in [9.17, 15) is 4.39 Å². The fraction of sp³-hybridized carbons (Fsp3) is 0.455. The number of benzene rings is 1. The molecule has 1 rings (SSSR count). The van der Waals surface area contributed by atoms with E-state index in [-0.39, 0.29) is 5.82 Å². The molecule has 0 amide bonds. The van der Waals surface area contributed by atoms with Crippen LogP contribution in [0.1, 0.15) is 12.8 Å². The molecule has 1 N–H and O–H groups in total. The lowest BCUT2D eigenvalue weighted by molar-refractivity contribution is 0.624. The molecule has 1 nitrogen and oxygen atoms in total. The lowest BCUT2D eigenvalue weighted by Crippen LogP contribution is -2.07. The van der Waals surface area contributed by atoms with Gasteiger partial charge < -0.3 is 5.32 Å². The van der Waals surface area contributed by atoms with Crippen molar-refractivity contribution in [3.63, 3.8) is 0 Å². The number of hydrogen-bond acceptors (Lipinski definition) is 2. The fourth-order valence-corrected chi connectivity index (χ4v) is 2.11. The highest BCUT2D eigenvalue weighted by Crippen LogP contribution is 2.19. The van der Waals surface area contributed by atoms with Gasteiger partial charge in [-0.05, 0) is 50.4 Å². The maximum Gasteiger partial charge on any atom is 0.124 e. The Balaban J connectivity index is 2.18. The molecule has 0 aliphatic carbocycles. The van der Waals surface area contributed by atoms with Crippen LogP contribution in [0.15, 0.2) is 29.2 Å². The minimum Gasteiger partial charge on any atom is -0.320 e. The number of nitrogens with one attached hydrogen (secondary N) is 1. The molecule has 0 fully saturated rings. The van der Waals surface area contributed by atoms with Gasteiger partial charge in [0.25, 0.3) is 0 Å². The van der Waals surface area contributed by atoms with Gasteiger partial charge in [0.05, 0.1) is 0 Å². The summed E-state index contributed by atoms with van der Waals surface area (Å²) in [4.78, 5) is 1.02. The van der Waals surface area contributed by atoms with Crippen molar-refractivity contribution in [3.8, 4) is 0 Å². The van der Waals surface area contributed by atoms with Gasteiger partial charge in [-0.1, -0.05) is 6.07 Å². The van der Waals surface area contributed by atoms with Crippen LogP contribution in [0.2, 0.25) is 0 Å². The molecule has 0 aliphatic rings. The molecule has 0 bridgehead atoms. The molecule has 0 radical (unpaired) electrons. The molecular weight excluding hydrogens is 197 g/mol. The van der Waals surface area contributed by atoms with Crippen LogP contribution in [0.25, 0.3) is 0 Å². The summed E-state index contributed by atoms with van der Waals surface area (Å²) in [6.45, 7) is 1.06. The van der Waals surface area contributed by atoms with E-state index in [1.807, 2.05) is 13.1 Å². The van der Waals surface area contributed by atoms with Crippen molar-refractivity contribution < 1.29 is 4.39 Å². The highest BCUT2D eigenvalue weighted by atomic mass is 32.2. The quantitative estimate of drug-likeness (QED) is 0.576. The Hall–Kier alpha value is -0.540. The molecule has 1 aromatic rings.